The van der Waals surface area contributed by atoms with E-state index in [1.807, 2.05) is 24.3 Å². The van der Waals surface area contributed by atoms with Crippen molar-refractivity contribution in [2.45, 2.75) is 45.3 Å². The summed E-state index contributed by atoms with van der Waals surface area (Å²) < 4.78 is 11.3. The fraction of sp³-hybridized carbons (Fsp3) is 0.647. The second-order valence-corrected chi connectivity index (χ2v) is 6.82. The Labute approximate surface area is 127 Å². The summed E-state index contributed by atoms with van der Waals surface area (Å²) in [6, 6.07) is 7.59. The van der Waals surface area contributed by atoms with E-state index in [-0.39, 0.29) is 12.1 Å². The Morgan fingerprint density at radius 2 is 1.71 bits per heavy atom. The van der Waals surface area contributed by atoms with Crippen molar-refractivity contribution in [1.29, 1.82) is 0 Å². The number of aliphatic hydroxyl groups excluding tert-OH is 1. The molecule has 1 fully saturated rings. The van der Waals surface area contributed by atoms with Gasteiger partial charge in [-0.05, 0) is 63.8 Å². The van der Waals surface area contributed by atoms with Crippen LogP contribution >= 0.6 is 0 Å². The van der Waals surface area contributed by atoms with Crippen molar-refractivity contribution in [2.24, 2.45) is 5.92 Å². The second-order valence-electron chi connectivity index (χ2n) is 6.82. The van der Waals surface area contributed by atoms with E-state index < -0.39 is 6.10 Å². The van der Waals surface area contributed by atoms with Crippen LogP contribution in [-0.4, -0.2) is 36.5 Å². The molecule has 4 nitrogen and oxygen atoms in total. The van der Waals surface area contributed by atoms with Crippen molar-refractivity contribution in [3.8, 4) is 11.5 Å². The van der Waals surface area contributed by atoms with Gasteiger partial charge in [0, 0.05) is 12.1 Å². The highest BCUT2D eigenvalue weighted by atomic mass is 16.5. The maximum Gasteiger partial charge on any atom is 0.119 e. The molecule has 0 heterocycles. The van der Waals surface area contributed by atoms with E-state index >= 15 is 0 Å². The molecule has 0 saturated heterocycles. The van der Waals surface area contributed by atoms with Crippen molar-refractivity contribution >= 4 is 0 Å². The topological polar surface area (TPSA) is 50.7 Å². The summed E-state index contributed by atoms with van der Waals surface area (Å²) in [4.78, 5) is 0. The van der Waals surface area contributed by atoms with E-state index in [1.54, 1.807) is 0 Å². The van der Waals surface area contributed by atoms with Crippen LogP contribution in [0.5, 0.6) is 11.5 Å². The molecule has 2 rings (SSSR count). The van der Waals surface area contributed by atoms with Gasteiger partial charge in [-0.1, -0.05) is 0 Å². The number of rotatable bonds is 8. The molecule has 21 heavy (non-hydrogen) atoms. The number of aliphatic hydroxyl groups is 1. The van der Waals surface area contributed by atoms with Crippen LogP contribution in [-0.2, 0) is 0 Å². The van der Waals surface area contributed by atoms with Gasteiger partial charge in [0.1, 0.15) is 24.2 Å². The van der Waals surface area contributed by atoms with E-state index in [0.29, 0.717) is 6.54 Å². The molecule has 0 spiro atoms. The molecular weight excluding hydrogens is 266 g/mol. The minimum atomic E-state index is -0.519. The third kappa shape index (κ3) is 6.82. The second kappa shape index (κ2) is 7.14. The van der Waals surface area contributed by atoms with Crippen molar-refractivity contribution in [3.63, 3.8) is 0 Å². The van der Waals surface area contributed by atoms with E-state index in [0.717, 1.165) is 24.0 Å². The summed E-state index contributed by atoms with van der Waals surface area (Å²) in [5.74, 6) is 2.39. The molecule has 1 aromatic rings. The van der Waals surface area contributed by atoms with Crippen LogP contribution in [0.1, 0.15) is 33.6 Å². The molecule has 0 amide bonds. The molecule has 0 aromatic heterocycles. The van der Waals surface area contributed by atoms with Gasteiger partial charge >= 0.3 is 0 Å². The smallest absolute Gasteiger partial charge is 0.119 e. The van der Waals surface area contributed by atoms with Gasteiger partial charge in [-0.25, -0.2) is 0 Å². The third-order valence-electron chi connectivity index (χ3n) is 3.32. The van der Waals surface area contributed by atoms with Gasteiger partial charge in [-0.2, -0.15) is 0 Å². The molecule has 1 aliphatic rings. The minimum Gasteiger partial charge on any atom is -0.493 e. The van der Waals surface area contributed by atoms with Crippen molar-refractivity contribution in [2.75, 3.05) is 19.8 Å². The number of hydrogen-bond donors (Lipinski definition) is 2. The van der Waals surface area contributed by atoms with Crippen LogP contribution in [0.3, 0.4) is 0 Å². The van der Waals surface area contributed by atoms with Crippen LogP contribution in [0.15, 0.2) is 24.3 Å². The predicted molar refractivity (Wildman–Crippen MR) is 83.9 cm³/mol. The van der Waals surface area contributed by atoms with Gasteiger partial charge < -0.3 is 19.9 Å². The lowest BCUT2D eigenvalue weighted by Gasteiger charge is -2.23. The van der Waals surface area contributed by atoms with Gasteiger partial charge in [-0.15, -0.1) is 0 Å². The zero-order valence-electron chi connectivity index (χ0n) is 13.3. The Bertz CT molecular complexity index is 421. The predicted octanol–water partition coefficient (Wildman–Crippen LogP) is 2.60. The number of nitrogens with one attached hydrogen (secondary N) is 1. The van der Waals surface area contributed by atoms with Crippen molar-refractivity contribution in [3.05, 3.63) is 24.3 Å². The number of ether oxygens (including phenoxy) is 2. The molecule has 1 unspecified atom stereocenters. The zero-order chi connectivity index (χ0) is 15.3. The molecule has 1 aromatic carbocycles. The zero-order valence-corrected chi connectivity index (χ0v) is 13.3. The highest BCUT2D eigenvalue weighted by Crippen LogP contribution is 2.29. The van der Waals surface area contributed by atoms with E-state index in [2.05, 4.69) is 26.1 Å². The SMILES string of the molecule is CC(C)(C)NCC(O)COc1ccc(OCC2CC2)cc1. The Morgan fingerprint density at radius 3 is 2.24 bits per heavy atom. The van der Waals surface area contributed by atoms with Crippen LogP contribution in [0, 0.1) is 5.92 Å². The molecule has 0 radical (unpaired) electrons. The minimum absolute atomic E-state index is 0.00151. The fourth-order valence-electron chi connectivity index (χ4n) is 1.81. The van der Waals surface area contributed by atoms with Gasteiger partial charge in [-0.3, -0.25) is 0 Å². The lowest BCUT2D eigenvalue weighted by Crippen LogP contribution is -2.42. The Balaban J connectivity index is 1.67. The molecule has 0 bridgehead atoms. The summed E-state index contributed by atoms with van der Waals surface area (Å²) >= 11 is 0. The molecule has 0 aliphatic heterocycles. The van der Waals surface area contributed by atoms with Crippen LogP contribution in [0.2, 0.25) is 0 Å². The fourth-order valence-corrected chi connectivity index (χ4v) is 1.81. The first-order valence-corrected chi connectivity index (χ1v) is 7.71. The Morgan fingerprint density at radius 1 is 1.14 bits per heavy atom. The molecule has 118 valence electrons. The molecule has 1 aliphatic carbocycles. The summed E-state index contributed by atoms with van der Waals surface area (Å²) in [6.45, 7) is 7.83. The number of β-amino-alcohol motifs (C(OH)–C–C–N with tert-alkyl or cyclic N) is 1. The summed E-state index contributed by atoms with van der Waals surface area (Å²) in [5.41, 5.74) is 0.00151. The standard InChI is InChI=1S/C17H27NO3/c1-17(2,3)18-10-14(19)12-21-16-8-6-15(7-9-16)20-11-13-4-5-13/h6-9,13-14,18-19H,4-5,10-12H2,1-3H3. The normalized spacial score (nSPS) is 16.6. The average Bonchev–Trinajstić information content (AvgIpc) is 3.25. The van der Waals surface area contributed by atoms with Crippen LogP contribution < -0.4 is 14.8 Å². The summed E-state index contributed by atoms with van der Waals surface area (Å²) in [5, 5.41) is 13.1. The van der Waals surface area contributed by atoms with E-state index in [9.17, 15) is 5.11 Å². The summed E-state index contributed by atoms with van der Waals surface area (Å²) in [6.07, 6.45) is 2.07. The monoisotopic (exact) mass is 293 g/mol. The Hall–Kier alpha value is -1.26. The quantitative estimate of drug-likeness (QED) is 0.773. The first-order valence-electron chi connectivity index (χ1n) is 7.71. The van der Waals surface area contributed by atoms with Crippen molar-refractivity contribution in [1.82, 2.24) is 5.32 Å². The van der Waals surface area contributed by atoms with Gasteiger partial charge in [0.25, 0.3) is 0 Å². The molecule has 4 heteroatoms. The lowest BCUT2D eigenvalue weighted by molar-refractivity contribution is 0.100. The van der Waals surface area contributed by atoms with Gasteiger partial charge in [0.05, 0.1) is 6.61 Å². The molecule has 1 saturated carbocycles. The highest BCUT2D eigenvalue weighted by Gasteiger charge is 2.21. The lowest BCUT2D eigenvalue weighted by atomic mass is 10.1. The van der Waals surface area contributed by atoms with Crippen LogP contribution in [0.4, 0.5) is 0 Å². The van der Waals surface area contributed by atoms with E-state index in [4.69, 9.17) is 9.47 Å². The van der Waals surface area contributed by atoms with Gasteiger partial charge in [0.15, 0.2) is 0 Å². The first kappa shape index (κ1) is 16.1. The average molecular weight is 293 g/mol. The van der Waals surface area contributed by atoms with Gasteiger partial charge in [0.2, 0.25) is 0 Å². The highest BCUT2D eigenvalue weighted by molar-refractivity contribution is 5.31. The Kier molecular flexibility index (Phi) is 5.48. The van der Waals surface area contributed by atoms with Crippen molar-refractivity contribution < 1.29 is 14.6 Å². The molecular formula is C17H27NO3. The molecule has 2 N–H and O–H groups in total. The summed E-state index contributed by atoms with van der Waals surface area (Å²) in [7, 11) is 0. The maximum atomic E-state index is 9.87. The number of benzene rings is 1. The molecule has 1 atom stereocenters. The van der Waals surface area contributed by atoms with E-state index in [1.165, 1.54) is 12.8 Å². The first-order chi connectivity index (χ1) is 9.92. The maximum absolute atomic E-state index is 9.87. The number of hydrogen-bond acceptors (Lipinski definition) is 4. The van der Waals surface area contributed by atoms with Crippen LogP contribution in [0.25, 0.3) is 0 Å². The third-order valence-corrected chi connectivity index (χ3v) is 3.32. The largest absolute Gasteiger partial charge is 0.493 e.